The van der Waals surface area contributed by atoms with Crippen LogP contribution in [0.15, 0.2) is 12.1 Å². The zero-order valence-corrected chi connectivity index (χ0v) is 14.5. The van der Waals surface area contributed by atoms with E-state index in [1.165, 1.54) is 47.9 Å². The Hall–Kier alpha value is -0.860. The van der Waals surface area contributed by atoms with Gasteiger partial charge in [-0.15, -0.1) is 0 Å². The minimum Gasteiger partial charge on any atom is -0.329 e. The average Bonchev–Trinajstić information content (AvgIpc) is 2.43. The number of hydrogen-bond acceptors (Lipinski definition) is 2. The van der Waals surface area contributed by atoms with Gasteiger partial charge in [-0.05, 0) is 76.1 Å². The van der Waals surface area contributed by atoms with Crippen molar-refractivity contribution in [3.63, 3.8) is 0 Å². The van der Waals surface area contributed by atoms with Crippen LogP contribution in [0.4, 0.5) is 0 Å². The highest BCUT2D eigenvalue weighted by atomic mass is 15.2. The molecular formula is C19H32N2. The number of benzene rings is 1. The van der Waals surface area contributed by atoms with Gasteiger partial charge in [0.1, 0.15) is 0 Å². The van der Waals surface area contributed by atoms with E-state index in [-0.39, 0.29) is 5.54 Å². The molecule has 0 atom stereocenters. The maximum Gasteiger partial charge on any atom is 0.0332 e. The molecule has 1 fully saturated rings. The summed E-state index contributed by atoms with van der Waals surface area (Å²) in [7, 11) is 2.27. The van der Waals surface area contributed by atoms with E-state index in [2.05, 4.69) is 51.8 Å². The lowest BCUT2D eigenvalue weighted by Crippen LogP contribution is -2.53. The van der Waals surface area contributed by atoms with Gasteiger partial charge in [-0.1, -0.05) is 24.6 Å². The van der Waals surface area contributed by atoms with Crippen molar-refractivity contribution in [3.8, 4) is 0 Å². The standard InChI is InChI=1S/C19H32N2/c1-14-6-8-19(13-20,9-7-14)21(5)12-18-16(3)10-15(2)11-17(18)4/h10-11,14H,6-9,12-13,20H2,1-5H3. The lowest BCUT2D eigenvalue weighted by molar-refractivity contribution is 0.0613. The molecule has 2 N–H and O–H groups in total. The molecule has 1 aromatic carbocycles. The van der Waals surface area contributed by atoms with Gasteiger partial charge in [-0.2, -0.15) is 0 Å². The Balaban J connectivity index is 2.18. The number of likely N-dealkylation sites (N-methyl/N-ethyl adjacent to an activating group) is 1. The topological polar surface area (TPSA) is 29.3 Å². The van der Waals surface area contributed by atoms with Crippen molar-refractivity contribution >= 4 is 0 Å². The van der Waals surface area contributed by atoms with E-state index in [9.17, 15) is 0 Å². The first kappa shape index (κ1) is 16.5. The normalized spacial score (nSPS) is 26.3. The van der Waals surface area contributed by atoms with E-state index in [0.717, 1.165) is 19.0 Å². The second-order valence-corrected chi connectivity index (χ2v) is 7.34. The van der Waals surface area contributed by atoms with Crippen molar-refractivity contribution in [1.29, 1.82) is 0 Å². The summed E-state index contributed by atoms with van der Waals surface area (Å²) >= 11 is 0. The van der Waals surface area contributed by atoms with E-state index >= 15 is 0 Å². The quantitative estimate of drug-likeness (QED) is 0.909. The fourth-order valence-corrected chi connectivity index (χ4v) is 3.91. The van der Waals surface area contributed by atoms with Crippen LogP contribution in [-0.4, -0.2) is 24.0 Å². The molecule has 1 saturated carbocycles. The SMILES string of the molecule is Cc1cc(C)c(CN(C)C2(CN)CCC(C)CC2)c(C)c1. The molecule has 0 aliphatic heterocycles. The van der Waals surface area contributed by atoms with Crippen LogP contribution >= 0.6 is 0 Å². The number of aryl methyl sites for hydroxylation is 3. The van der Waals surface area contributed by atoms with Crippen molar-refractivity contribution in [2.24, 2.45) is 11.7 Å². The van der Waals surface area contributed by atoms with Crippen LogP contribution in [0.2, 0.25) is 0 Å². The predicted octanol–water partition coefficient (Wildman–Crippen LogP) is 3.95. The molecule has 0 heterocycles. The number of rotatable bonds is 4. The minimum atomic E-state index is 0.205. The molecule has 21 heavy (non-hydrogen) atoms. The number of nitrogens with two attached hydrogens (primary N) is 1. The molecule has 0 aromatic heterocycles. The molecule has 1 aromatic rings. The molecule has 0 spiro atoms. The van der Waals surface area contributed by atoms with Crippen LogP contribution in [-0.2, 0) is 6.54 Å². The van der Waals surface area contributed by atoms with Crippen molar-refractivity contribution in [3.05, 3.63) is 34.4 Å². The van der Waals surface area contributed by atoms with E-state index < -0.39 is 0 Å². The van der Waals surface area contributed by atoms with Crippen molar-refractivity contribution in [2.75, 3.05) is 13.6 Å². The molecule has 0 bridgehead atoms. The van der Waals surface area contributed by atoms with Gasteiger partial charge in [0.2, 0.25) is 0 Å². The minimum absolute atomic E-state index is 0.205. The molecule has 0 amide bonds. The van der Waals surface area contributed by atoms with Gasteiger partial charge in [-0.25, -0.2) is 0 Å². The summed E-state index contributed by atoms with van der Waals surface area (Å²) in [6.07, 6.45) is 5.11. The summed E-state index contributed by atoms with van der Waals surface area (Å²) in [5, 5.41) is 0. The van der Waals surface area contributed by atoms with Crippen LogP contribution in [0.3, 0.4) is 0 Å². The van der Waals surface area contributed by atoms with Crippen LogP contribution in [0.1, 0.15) is 54.9 Å². The zero-order chi connectivity index (χ0) is 15.6. The first-order valence-corrected chi connectivity index (χ1v) is 8.36. The summed E-state index contributed by atoms with van der Waals surface area (Å²) < 4.78 is 0. The van der Waals surface area contributed by atoms with Crippen molar-refractivity contribution in [2.45, 2.75) is 65.5 Å². The van der Waals surface area contributed by atoms with Crippen molar-refractivity contribution < 1.29 is 0 Å². The maximum absolute atomic E-state index is 6.20. The Morgan fingerprint density at radius 2 is 1.67 bits per heavy atom. The molecule has 0 radical (unpaired) electrons. The number of hydrogen-bond donors (Lipinski definition) is 1. The van der Waals surface area contributed by atoms with Gasteiger partial charge >= 0.3 is 0 Å². The zero-order valence-electron chi connectivity index (χ0n) is 14.5. The Morgan fingerprint density at radius 3 is 2.14 bits per heavy atom. The third kappa shape index (κ3) is 3.49. The van der Waals surface area contributed by atoms with Gasteiger partial charge in [0.05, 0.1) is 0 Å². The highest BCUT2D eigenvalue weighted by Gasteiger charge is 2.36. The summed E-state index contributed by atoms with van der Waals surface area (Å²) in [5.41, 5.74) is 12.1. The van der Waals surface area contributed by atoms with E-state index in [1.807, 2.05) is 0 Å². The molecule has 0 unspecified atom stereocenters. The predicted molar refractivity (Wildman–Crippen MR) is 91.5 cm³/mol. The third-order valence-corrected chi connectivity index (χ3v) is 5.63. The first-order chi connectivity index (χ1) is 9.88. The van der Waals surface area contributed by atoms with Crippen LogP contribution < -0.4 is 5.73 Å². The highest BCUT2D eigenvalue weighted by Crippen LogP contribution is 2.36. The van der Waals surface area contributed by atoms with E-state index in [0.29, 0.717) is 0 Å². The van der Waals surface area contributed by atoms with E-state index in [4.69, 9.17) is 5.73 Å². The summed E-state index contributed by atoms with van der Waals surface area (Å²) in [6.45, 7) is 10.8. The second-order valence-electron chi connectivity index (χ2n) is 7.34. The van der Waals surface area contributed by atoms with Gasteiger partial charge in [0.15, 0.2) is 0 Å². The molecule has 1 aliphatic rings. The molecule has 2 heteroatoms. The third-order valence-electron chi connectivity index (χ3n) is 5.63. The lowest BCUT2D eigenvalue weighted by Gasteiger charge is -2.46. The molecule has 1 aliphatic carbocycles. The summed E-state index contributed by atoms with van der Waals surface area (Å²) in [5.74, 6) is 0.862. The van der Waals surface area contributed by atoms with Crippen LogP contribution in [0, 0.1) is 26.7 Å². The lowest BCUT2D eigenvalue weighted by atomic mass is 9.76. The molecule has 0 saturated heterocycles. The van der Waals surface area contributed by atoms with Gasteiger partial charge in [0.25, 0.3) is 0 Å². The summed E-state index contributed by atoms with van der Waals surface area (Å²) in [4.78, 5) is 2.53. The smallest absolute Gasteiger partial charge is 0.0332 e. The average molecular weight is 288 g/mol. The molecule has 118 valence electrons. The molecule has 2 nitrogen and oxygen atoms in total. The van der Waals surface area contributed by atoms with Crippen molar-refractivity contribution in [1.82, 2.24) is 4.90 Å². The Kier molecular flexibility index (Phi) is 5.11. The first-order valence-electron chi connectivity index (χ1n) is 8.36. The fraction of sp³-hybridized carbons (Fsp3) is 0.684. The second kappa shape index (κ2) is 6.50. The Labute approximate surface area is 130 Å². The van der Waals surface area contributed by atoms with Gasteiger partial charge < -0.3 is 5.73 Å². The molecule has 2 rings (SSSR count). The highest BCUT2D eigenvalue weighted by molar-refractivity contribution is 5.37. The number of nitrogens with zero attached hydrogens (tertiary/aromatic N) is 1. The maximum atomic E-state index is 6.20. The Morgan fingerprint density at radius 1 is 1.14 bits per heavy atom. The largest absolute Gasteiger partial charge is 0.329 e. The Bertz CT molecular complexity index is 461. The van der Waals surface area contributed by atoms with E-state index in [1.54, 1.807) is 0 Å². The van der Waals surface area contributed by atoms with Crippen LogP contribution in [0.25, 0.3) is 0 Å². The monoisotopic (exact) mass is 288 g/mol. The summed E-state index contributed by atoms with van der Waals surface area (Å²) in [6, 6.07) is 4.60. The van der Waals surface area contributed by atoms with Gasteiger partial charge in [-0.3, -0.25) is 4.90 Å². The van der Waals surface area contributed by atoms with Crippen LogP contribution in [0.5, 0.6) is 0 Å². The fourth-order valence-electron chi connectivity index (χ4n) is 3.91. The van der Waals surface area contributed by atoms with Gasteiger partial charge in [0, 0.05) is 18.6 Å². The molecular weight excluding hydrogens is 256 g/mol.